The van der Waals surface area contributed by atoms with Crippen LogP contribution in [0.25, 0.3) is 0 Å². The number of esters is 1. The van der Waals surface area contributed by atoms with Gasteiger partial charge in [0.25, 0.3) is 0 Å². The predicted octanol–water partition coefficient (Wildman–Crippen LogP) is 5.19. The lowest BCUT2D eigenvalue weighted by Gasteiger charge is -2.19. The first-order valence-corrected chi connectivity index (χ1v) is 10.8. The Labute approximate surface area is 185 Å². The van der Waals surface area contributed by atoms with Gasteiger partial charge in [-0.25, -0.2) is 9.48 Å². The minimum atomic E-state index is -0.518. The third-order valence-electron chi connectivity index (χ3n) is 4.53. The van der Waals surface area contributed by atoms with Gasteiger partial charge in [0.15, 0.2) is 0 Å². The van der Waals surface area contributed by atoms with Gasteiger partial charge in [-0.3, -0.25) is 0 Å². The normalized spacial score (nSPS) is 11.7. The number of unbranched alkanes of at least 4 members (excludes halogenated alkanes) is 3. The smallest absolute Gasteiger partial charge is 0.338 e. The maximum Gasteiger partial charge on any atom is 0.338 e. The molecule has 0 spiro atoms. The van der Waals surface area contributed by atoms with Crippen molar-refractivity contribution >= 4 is 12.2 Å². The zero-order chi connectivity index (χ0) is 22.9. The second-order valence-corrected chi connectivity index (χ2v) is 8.54. The molecule has 0 aliphatic rings. The van der Waals surface area contributed by atoms with Gasteiger partial charge in [-0.1, -0.05) is 43.5 Å². The number of ether oxygens (including phenoxy) is 2. The van der Waals surface area contributed by atoms with E-state index in [1.165, 1.54) is 12.8 Å². The summed E-state index contributed by atoms with van der Waals surface area (Å²) in [6.45, 7) is 10.6. The van der Waals surface area contributed by atoms with Gasteiger partial charge in [0.1, 0.15) is 12.2 Å². The number of aromatic nitrogens is 2. The van der Waals surface area contributed by atoms with Crippen LogP contribution in [0.1, 0.15) is 80.6 Å². The monoisotopic (exact) mass is 429 g/mol. The van der Waals surface area contributed by atoms with E-state index < -0.39 is 5.60 Å². The first-order valence-electron chi connectivity index (χ1n) is 10.8. The molecule has 0 aliphatic heterocycles. The van der Waals surface area contributed by atoms with Crippen LogP contribution in [0.4, 0.5) is 0 Å². The van der Waals surface area contributed by atoms with Crippen molar-refractivity contribution in [3.8, 4) is 5.88 Å². The maximum atomic E-state index is 12.1. The van der Waals surface area contributed by atoms with Crippen LogP contribution in [0, 0.1) is 6.92 Å². The van der Waals surface area contributed by atoms with Crippen molar-refractivity contribution in [2.24, 2.45) is 12.2 Å². The number of carbonyl (C=O) groups is 1. The van der Waals surface area contributed by atoms with E-state index in [2.05, 4.69) is 17.2 Å². The highest BCUT2D eigenvalue weighted by Crippen LogP contribution is 2.20. The Kier molecular flexibility index (Phi) is 9.09. The topological polar surface area (TPSA) is 74.9 Å². The van der Waals surface area contributed by atoms with E-state index >= 15 is 0 Å². The highest BCUT2D eigenvalue weighted by atomic mass is 16.6. The molecule has 0 unspecified atom stereocenters. The molecule has 1 aromatic heterocycles. The van der Waals surface area contributed by atoms with Crippen molar-refractivity contribution in [1.29, 1.82) is 0 Å². The minimum Gasteiger partial charge on any atom is -0.477 e. The lowest BCUT2D eigenvalue weighted by Crippen LogP contribution is -2.23. The van der Waals surface area contributed by atoms with Gasteiger partial charge in [-0.05, 0) is 51.8 Å². The van der Waals surface area contributed by atoms with Crippen LogP contribution < -0.4 is 4.74 Å². The quantitative estimate of drug-likeness (QED) is 0.213. The van der Waals surface area contributed by atoms with Crippen LogP contribution in [0.5, 0.6) is 5.88 Å². The Morgan fingerprint density at radius 1 is 1.16 bits per heavy atom. The maximum absolute atomic E-state index is 12.1. The van der Waals surface area contributed by atoms with Gasteiger partial charge in [-0.2, -0.15) is 5.10 Å². The minimum absolute atomic E-state index is 0.289. The first kappa shape index (κ1) is 24.4. The van der Waals surface area contributed by atoms with Crippen LogP contribution >= 0.6 is 0 Å². The molecule has 0 aliphatic carbocycles. The van der Waals surface area contributed by atoms with Gasteiger partial charge in [0.2, 0.25) is 5.88 Å². The number of hydrogen-bond donors (Lipinski definition) is 0. The molecule has 0 radical (unpaired) electrons. The molecule has 0 amide bonds. The molecule has 2 aromatic rings. The van der Waals surface area contributed by atoms with Gasteiger partial charge in [-0.15, -0.1) is 0 Å². The van der Waals surface area contributed by atoms with Crippen LogP contribution in [-0.2, 0) is 23.2 Å². The molecular formula is C24H35N3O4. The second-order valence-electron chi connectivity index (χ2n) is 8.54. The molecule has 0 saturated heterocycles. The fourth-order valence-electron chi connectivity index (χ4n) is 2.95. The predicted molar refractivity (Wildman–Crippen MR) is 122 cm³/mol. The Balaban J connectivity index is 1.89. The Morgan fingerprint density at radius 2 is 1.87 bits per heavy atom. The highest BCUT2D eigenvalue weighted by molar-refractivity contribution is 5.89. The molecule has 7 nitrogen and oxygen atoms in total. The van der Waals surface area contributed by atoms with E-state index in [1.54, 1.807) is 23.0 Å². The highest BCUT2D eigenvalue weighted by Gasteiger charge is 2.17. The molecule has 0 fully saturated rings. The van der Waals surface area contributed by atoms with Crippen LogP contribution in [0.2, 0.25) is 0 Å². The number of rotatable bonds is 11. The average Bonchev–Trinajstić information content (AvgIpc) is 2.97. The molecule has 0 saturated carbocycles. The Hall–Kier alpha value is -2.83. The summed E-state index contributed by atoms with van der Waals surface area (Å²) in [5.74, 6) is 0.357. The molecule has 170 valence electrons. The molecule has 0 atom stereocenters. The summed E-state index contributed by atoms with van der Waals surface area (Å²) in [7, 11) is 1.86. The van der Waals surface area contributed by atoms with Crippen molar-refractivity contribution in [3.63, 3.8) is 0 Å². The van der Waals surface area contributed by atoms with Crippen LogP contribution in [-0.4, -0.2) is 34.2 Å². The van der Waals surface area contributed by atoms with E-state index in [1.807, 2.05) is 46.9 Å². The number of nitrogens with zero attached hydrogens (tertiary/aromatic N) is 3. The summed E-state index contributed by atoms with van der Waals surface area (Å²) < 4.78 is 13.0. The fourth-order valence-corrected chi connectivity index (χ4v) is 2.95. The molecule has 2 rings (SSSR count). The number of benzene rings is 1. The van der Waals surface area contributed by atoms with Gasteiger partial charge in [0.05, 0.1) is 29.6 Å². The molecule has 1 heterocycles. The molecule has 7 heteroatoms. The largest absolute Gasteiger partial charge is 0.477 e. The number of aryl methyl sites for hydroxylation is 2. The van der Waals surface area contributed by atoms with E-state index in [0.29, 0.717) is 18.1 Å². The second kappa shape index (κ2) is 11.5. The lowest BCUT2D eigenvalue weighted by atomic mass is 10.1. The van der Waals surface area contributed by atoms with Crippen molar-refractivity contribution in [2.75, 3.05) is 6.61 Å². The fraction of sp³-hybridized carbons (Fsp3) is 0.542. The van der Waals surface area contributed by atoms with Crippen molar-refractivity contribution in [2.45, 2.75) is 72.5 Å². The zero-order valence-corrected chi connectivity index (χ0v) is 19.6. The summed E-state index contributed by atoms with van der Waals surface area (Å²) in [5, 5.41) is 8.50. The van der Waals surface area contributed by atoms with Crippen molar-refractivity contribution in [3.05, 3.63) is 46.6 Å². The van der Waals surface area contributed by atoms with E-state index in [-0.39, 0.29) is 12.6 Å². The van der Waals surface area contributed by atoms with Crippen LogP contribution in [0.3, 0.4) is 0 Å². The Bertz CT molecular complexity index is 864. The Morgan fingerprint density at radius 3 is 2.52 bits per heavy atom. The summed E-state index contributed by atoms with van der Waals surface area (Å²) in [6, 6.07) is 7.11. The summed E-state index contributed by atoms with van der Waals surface area (Å²) in [5.41, 5.74) is 2.54. The van der Waals surface area contributed by atoms with E-state index in [9.17, 15) is 4.79 Å². The summed E-state index contributed by atoms with van der Waals surface area (Å²) >= 11 is 0. The third kappa shape index (κ3) is 8.07. The molecule has 0 bridgehead atoms. The third-order valence-corrected chi connectivity index (χ3v) is 4.53. The van der Waals surface area contributed by atoms with Gasteiger partial charge >= 0.3 is 5.97 Å². The summed E-state index contributed by atoms with van der Waals surface area (Å²) in [6.07, 6.45) is 6.23. The van der Waals surface area contributed by atoms with E-state index in [0.717, 1.165) is 29.7 Å². The molecule has 1 aromatic carbocycles. The van der Waals surface area contributed by atoms with Gasteiger partial charge < -0.3 is 14.3 Å². The first-order chi connectivity index (χ1) is 14.7. The number of oxime groups is 1. The summed E-state index contributed by atoms with van der Waals surface area (Å²) in [4.78, 5) is 17.5. The van der Waals surface area contributed by atoms with Crippen molar-refractivity contribution < 1.29 is 19.1 Å². The molecule has 0 N–H and O–H groups in total. The number of carbonyl (C=O) groups excluding carboxylic acids is 1. The lowest BCUT2D eigenvalue weighted by molar-refractivity contribution is 0.00694. The van der Waals surface area contributed by atoms with Crippen LogP contribution in [0.15, 0.2) is 29.4 Å². The molecule has 31 heavy (non-hydrogen) atoms. The van der Waals surface area contributed by atoms with Gasteiger partial charge in [0, 0.05) is 7.05 Å². The average molecular weight is 430 g/mol. The standard InChI is InChI=1S/C24H35N3O4/c1-7-8-9-10-15-29-22-21(18(2)26-27(22)6)16-25-30-17-19-11-13-20(14-12-19)23(28)31-24(3,4)5/h11-14,16H,7-10,15,17H2,1-6H3. The number of hydrogen-bond acceptors (Lipinski definition) is 6. The zero-order valence-electron chi connectivity index (χ0n) is 19.6. The van der Waals surface area contributed by atoms with Crippen molar-refractivity contribution in [1.82, 2.24) is 9.78 Å². The SMILES string of the molecule is CCCCCCOc1c(C=NOCc2ccc(C(=O)OC(C)(C)C)cc2)c(C)nn1C. The molecular weight excluding hydrogens is 394 g/mol. The van der Waals surface area contributed by atoms with E-state index in [4.69, 9.17) is 14.3 Å².